The first-order chi connectivity index (χ1) is 11.7. The van der Waals surface area contributed by atoms with Gasteiger partial charge in [0.15, 0.2) is 5.11 Å². The van der Waals surface area contributed by atoms with Crippen LogP contribution < -0.4 is 15.5 Å². The van der Waals surface area contributed by atoms with E-state index >= 15 is 0 Å². The molecule has 4 nitrogen and oxygen atoms in total. The molecular weight excluding hydrogens is 386 g/mol. The second-order valence-electron chi connectivity index (χ2n) is 4.85. The molecule has 2 rings (SSSR count). The molecule has 6 heteroatoms. The Kier molecular flexibility index (Phi) is 7.45. The maximum atomic E-state index is 5.76. The molecule has 2 aromatic rings. The molecule has 0 unspecified atom stereocenters. The van der Waals surface area contributed by atoms with Crippen LogP contribution in [0.2, 0.25) is 0 Å². The number of nitrogens with one attached hydrogen (secondary N) is 2. The highest BCUT2D eigenvalue weighted by Gasteiger charge is 1.97. The lowest BCUT2D eigenvalue weighted by atomic mass is 10.2. The molecule has 0 aliphatic rings. The largest absolute Gasteiger partial charge is 0.489 e. The molecule has 0 spiro atoms. The van der Waals surface area contributed by atoms with E-state index in [4.69, 9.17) is 17.0 Å². The number of hydrogen-bond donors (Lipinski definition) is 2. The zero-order chi connectivity index (χ0) is 17.2. The predicted molar refractivity (Wildman–Crippen MR) is 106 cm³/mol. The van der Waals surface area contributed by atoms with Crippen molar-refractivity contribution in [1.29, 1.82) is 0 Å². The summed E-state index contributed by atoms with van der Waals surface area (Å²) in [6.07, 6.45) is 3.42. The predicted octanol–water partition coefficient (Wildman–Crippen LogP) is 4.01. The van der Waals surface area contributed by atoms with Crippen molar-refractivity contribution in [2.75, 3.05) is 6.54 Å². The lowest BCUT2D eigenvalue weighted by molar-refractivity contribution is 0.306. The minimum atomic E-state index is 0.459. The van der Waals surface area contributed by atoms with Gasteiger partial charge in [0.2, 0.25) is 0 Å². The summed E-state index contributed by atoms with van der Waals surface area (Å²) in [5, 5.41) is 7.46. The topological polar surface area (TPSA) is 45.7 Å². The number of nitrogens with zero attached hydrogens (tertiary/aromatic N) is 1. The number of rotatable bonds is 7. The standard InChI is InChI=1S/C18H18BrN3OS/c1-2-11-20-18(24)22-21-12-14-5-9-17(10-6-14)23-13-15-3-7-16(19)8-4-15/h2-10,12H,1,11,13H2,(H2,20,22,24). The lowest BCUT2D eigenvalue weighted by Gasteiger charge is -2.07. The third-order valence-electron chi connectivity index (χ3n) is 2.99. The summed E-state index contributed by atoms with van der Waals surface area (Å²) in [6, 6.07) is 15.7. The maximum absolute atomic E-state index is 5.76. The number of ether oxygens (including phenoxy) is 1. The van der Waals surface area contributed by atoms with Crippen molar-refractivity contribution in [1.82, 2.24) is 10.7 Å². The van der Waals surface area contributed by atoms with Gasteiger partial charge in [-0.2, -0.15) is 5.10 Å². The van der Waals surface area contributed by atoms with Gasteiger partial charge < -0.3 is 10.1 Å². The Labute approximate surface area is 155 Å². The van der Waals surface area contributed by atoms with Crippen molar-refractivity contribution in [2.45, 2.75) is 6.61 Å². The number of hydrazone groups is 1. The molecule has 0 atom stereocenters. The van der Waals surface area contributed by atoms with Gasteiger partial charge in [0.1, 0.15) is 12.4 Å². The first kappa shape index (κ1) is 18.2. The minimum Gasteiger partial charge on any atom is -0.489 e. The highest BCUT2D eigenvalue weighted by molar-refractivity contribution is 9.10. The molecule has 0 saturated heterocycles. The summed E-state index contributed by atoms with van der Waals surface area (Å²) in [5.41, 5.74) is 4.81. The van der Waals surface area contributed by atoms with E-state index in [-0.39, 0.29) is 0 Å². The molecule has 2 aromatic carbocycles. The van der Waals surface area contributed by atoms with Crippen LogP contribution in [-0.2, 0) is 6.61 Å². The summed E-state index contributed by atoms with van der Waals surface area (Å²) in [4.78, 5) is 0. The molecule has 24 heavy (non-hydrogen) atoms. The van der Waals surface area contributed by atoms with Gasteiger partial charge in [-0.1, -0.05) is 34.1 Å². The van der Waals surface area contributed by atoms with E-state index in [0.29, 0.717) is 18.3 Å². The smallest absolute Gasteiger partial charge is 0.187 e. The van der Waals surface area contributed by atoms with E-state index < -0.39 is 0 Å². The van der Waals surface area contributed by atoms with Gasteiger partial charge in [-0.05, 0) is 59.7 Å². The van der Waals surface area contributed by atoms with Crippen LogP contribution in [0, 0.1) is 0 Å². The van der Waals surface area contributed by atoms with Crippen molar-refractivity contribution in [3.05, 3.63) is 76.8 Å². The van der Waals surface area contributed by atoms with Crippen LogP contribution in [0.1, 0.15) is 11.1 Å². The van der Waals surface area contributed by atoms with Crippen molar-refractivity contribution in [3.8, 4) is 5.75 Å². The molecular formula is C18H18BrN3OS. The minimum absolute atomic E-state index is 0.459. The van der Waals surface area contributed by atoms with Gasteiger partial charge in [-0.25, -0.2) is 0 Å². The average Bonchev–Trinajstić information content (AvgIpc) is 2.60. The van der Waals surface area contributed by atoms with Gasteiger partial charge in [0.25, 0.3) is 0 Å². The molecule has 124 valence electrons. The maximum Gasteiger partial charge on any atom is 0.187 e. The van der Waals surface area contributed by atoms with Crippen molar-refractivity contribution < 1.29 is 4.74 Å². The SMILES string of the molecule is C=CCNC(=S)NN=Cc1ccc(OCc2ccc(Br)cc2)cc1. The van der Waals surface area contributed by atoms with Crippen LogP contribution in [0.25, 0.3) is 0 Å². The van der Waals surface area contributed by atoms with Gasteiger partial charge in [0, 0.05) is 11.0 Å². The molecule has 0 aliphatic heterocycles. The summed E-state index contributed by atoms with van der Waals surface area (Å²) >= 11 is 8.45. The van der Waals surface area contributed by atoms with E-state index in [2.05, 4.69) is 38.4 Å². The van der Waals surface area contributed by atoms with Crippen LogP contribution >= 0.6 is 28.1 Å². The Morgan fingerprint density at radius 3 is 2.54 bits per heavy atom. The van der Waals surface area contributed by atoms with Gasteiger partial charge in [0.05, 0.1) is 6.21 Å². The zero-order valence-electron chi connectivity index (χ0n) is 13.0. The average molecular weight is 404 g/mol. The Morgan fingerprint density at radius 1 is 1.17 bits per heavy atom. The molecule has 2 N–H and O–H groups in total. The van der Waals surface area contributed by atoms with Gasteiger partial charge in [-0.15, -0.1) is 6.58 Å². The van der Waals surface area contributed by atoms with E-state index in [1.54, 1.807) is 12.3 Å². The van der Waals surface area contributed by atoms with Crippen LogP contribution in [0.3, 0.4) is 0 Å². The van der Waals surface area contributed by atoms with E-state index in [9.17, 15) is 0 Å². The second kappa shape index (κ2) is 9.85. The van der Waals surface area contributed by atoms with Crippen LogP contribution in [0.15, 0.2) is 70.8 Å². The normalized spacial score (nSPS) is 10.4. The third kappa shape index (κ3) is 6.52. The summed E-state index contributed by atoms with van der Waals surface area (Å²) in [6.45, 7) is 4.74. The van der Waals surface area contributed by atoms with E-state index in [0.717, 1.165) is 21.3 Å². The van der Waals surface area contributed by atoms with Crippen molar-refractivity contribution in [3.63, 3.8) is 0 Å². The molecule has 0 saturated carbocycles. The highest BCUT2D eigenvalue weighted by atomic mass is 79.9. The number of thiocarbonyl (C=S) groups is 1. The summed E-state index contributed by atoms with van der Waals surface area (Å²) in [5.74, 6) is 0.811. The Hall–Kier alpha value is -2.18. The van der Waals surface area contributed by atoms with Crippen LogP contribution in [0.5, 0.6) is 5.75 Å². The van der Waals surface area contributed by atoms with Crippen molar-refractivity contribution in [2.24, 2.45) is 5.10 Å². The quantitative estimate of drug-likeness (QED) is 0.317. The number of hydrogen-bond acceptors (Lipinski definition) is 3. The molecule has 0 aliphatic carbocycles. The fraction of sp³-hybridized carbons (Fsp3) is 0.111. The van der Waals surface area contributed by atoms with Crippen molar-refractivity contribution >= 4 is 39.5 Å². The highest BCUT2D eigenvalue weighted by Crippen LogP contribution is 2.15. The number of benzene rings is 2. The Balaban J connectivity index is 1.80. The molecule has 0 amide bonds. The van der Waals surface area contributed by atoms with Gasteiger partial charge >= 0.3 is 0 Å². The first-order valence-corrected chi connectivity index (χ1v) is 8.52. The zero-order valence-corrected chi connectivity index (χ0v) is 15.4. The molecule has 0 aromatic heterocycles. The summed E-state index contributed by atoms with van der Waals surface area (Å²) < 4.78 is 6.82. The molecule has 0 fully saturated rings. The lowest BCUT2D eigenvalue weighted by Crippen LogP contribution is -2.31. The fourth-order valence-electron chi connectivity index (χ4n) is 1.77. The van der Waals surface area contributed by atoms with Gasteiger partial charge in [-0.3, -0.25) is 5.43 Å². The number of halogens is 1. The van der Waals surface area contributed by atoms with E-state index in [1.165, 1.54) is 0 Å². The second-order valence-corrected chi connectivity index (χ2v) is 6.18. The molecule has 0 radical (unpaired) electrons. The summed E-state index contributed by atoms with van der Waals surface area (Å²) in [7, 11) is 0. The van der Waals surface area contributed by atoms with Crippen LogP contribution in [-0.4, -0.2) is 17.9 Å². The molecule has 0 bridgehead atoms. The molecule has 0 heterocycles. The van der Waals surface area contributed by atoms with Crippen LogP contribution in [0.4, 0.5) is 0 Å². The first-order valence-electron chi connectivity index (χ1n) is 7.32. The van der Waals surface area contributed by atoms with E-state index in [1.807, 2.05) is 48.5 Å². The monoisotopic (exact) mass is 403 g/mol. The Bertz CT molecular complexity index is 699. The Morgan fingerprint density at radius 2 is 1.88 bits per heavy atom. The third-order valence-corrected chi connectivity index (χ3v) is 3.75. The fourth-order valence-corrected chi connectivity index (χ4v) is 2.17.